The van der Waals surface area contributed by atoms with Crippen molar-refractivity contribution < 1.29 is 19.7 Å². The maximum atomic E-state index is 11.3. The number of aromatic nitrogens is 1. The molecule has 1 aliphatic carbocycles. The number of carbonyl (C=O) groups is 1. The van der Waals surface area contributed by atoms with Crippen LogP contribution in [0.4, 0.5) is 0 Å². The van der Waals surface area contributed by atoms with Gasteiger partial charge in [0.1, 0.15) is 10.8 Å². The number of hydrogen-bond donors (Lipinski definition) is 3. The summed E-state index contributed by atoms with van der Waals surface area (Å²) in [6.07, 6.45) is 3.37. The van der Waals surface area contributed by atoms with Gasteiger partial charge < -0.3 is 20.3 Å². The van der Waals surface area contributed by atoms with Gasteiger partial charge in [0.05, 0.1) is 11.7 Å². The second-order valence-corrected chi connectivity index (χ2v) is 8.55. The molecule has 3 aromatic rings. The van der Waals surface area contributed by atoms with Gasteiger partial charge in [-0.1, -0.05) is 41.4 Å². The van der Waals surface area contributed by atoms with E-state index in [1.165, 1.54) is 17.8 Å². The molecule has 0 aliphatic heterocycles. The molecule has 0 bridgehead atoms. The molecule has 6 nitrogen and oxygen atoms in total. The SMILES string of the molecule is O=C(O)c1ccnc(Oc2ccc3c(c2)C[C@@H](NC[C@H](O)c2cccc(Cl)c2)CC3)c1Cl. The Hall–Kier alpha value is -2.64. The lowest BCUT2D eigenvalue weighted by Crippen LogP contribution is -2.37. The third-order valence-electron chi connectivity index (χ3n) is 5.54. The van der Waals surface area contributed by atoms with Crippen LogP contribution in [0.5, 0.6) is 11.6 Å². The predicted molar refractivity (Wildman–Crippen MR) is 123 cm³/mol. The number of ether oxygens (including phenoxy) is 1. The van der Waals surface area contributed by atoms with Crippen molar-refractivity contribution in [2.75, 3.05) is 6.54 Å². The molecule has 2 aromatic carbocycles. The molecule has 1 aromatic heterocycles. The lowest BCUT2D eigenvalue weighted by molar-refractivity contribution is 0.0696. The Morgan fingerprint density at radius 2 is 2.03 bits per heavy atom. The van der Waals surface area contributed by atoms with Gasteiger partial charge in [-0.2, -0.15) is 0 Å². The van der Waals surface area contributed by atoms with E-state index in [1.807, 2.05) is 30.3 Å². The molecule has 3 N–H and O–H groups in total. The Morgan fingerprint density at radius 1 is 1.19 bits per heavy atom. The maximum absolute atomic E-state index is 11.3. The highest BCUT2D eigenvalue weighted by Crippen LogP contribution is 2.32. The molecule has 0 saturated carbocycles. The van der Waals surface area contributed by atoms with E-state index in [4.69, 9.17) is 27.9 Å². The number of fused-ring (bicyclic) bond motifs is 1. The highest BCUT2D eigenvalue weighted by Gasteiger charge is 2.21. The zero-order chi connectivity index (χ0) is 22.7. The van der Waals surface area contributed by atoms with Gasteiger partial charge in [0.2, 0.25) is 5.88 Å². The molecule has 2 atom stereocenters. The molecule has 0 amide bonds. The number of carboxylic acid groups (broad SMARTS) is 1. The first-order valence-corrected chi connectivity index (χ1v) is 11.0. The average Bonchev–Trinajstić information content (AvgIpc) is 2.78. The van der Waals surface area contributed by atoms with Crippen LogP contribution in [0.25, 0.3) is 0 Å². The van der Waals surface area contributed by atoms with Gasteiger partial charge in [-0.05, 0) is 66.3 Å². The van der Waals surface area contributed by atoms with Gasteiger partial charge in [0.25, 0.3) is 0 Å². The summed E-state index contributed by atoms with van der Waals surface area (Å²) in [6.45, 7) is 0.429. The number of pyridine rings is 1. The Kier molecular flexibility index (Phi) is 6.96. The zero-order valence-corrected chi connectivity index (χ0v) is 18.6. The molecule has 1 heterocycles. The number of aliphatic hydroxyl groups excluding tert-OH is 1. The quantitative estimate of drug-likeness (QED) is 0.445. The van der Waals surface area contributed by atoms with E-state index < -0.39 is 12.1 Å². The van der Waals surface area contributed by atoms with Crippen molar-refractivity contribution in [3.05, 3.63) is 87.0 Å². The van der Waals surface area contributed by atoms with Gasteiger partial charge in [0.15, 0.2) is 0 Å². The Labute approximate surface area is 195 Å². The highest BCUT2D eigenvalue weighted by atomic mass is 35.5. The number of aliphatic hydroxyl groups is 1. The van der Waals surface area contributed by atoms with E-state index in [9.17, 15) is 15.0 Å². The third kappa shape index (κ3) is 5.22. The Balaban J connectivity index is 1.42. The minimum atomic E-state index is -1.14. The summed E-state index contributed by atoms with van der Waals surface area (Å²) < 4.78 is 5.79. The van der Waals surface area contributed by atoms with Gasteiger partial charge in [0, 0.05) is 23.8 Å². The summed E-state index contributed by atoms with van der Waals surface area (Å²) >= 11 is 12.2. The summed E-state index contributed by atoms with van der Waals surface area (Å²) in [6, 6.07) is 14.6. The smallest absolute Gasteiger partial charge is 0.337 e. The number of hydrogen-bond acceptors (Lipinski definition) is 5. The van der Waals surface area contributed by atoms with E-state index >= 15 is 0 Å². The van der Waals surface area contributed by atoms with Gasteiger partial charge in [-0.15, -0.1) is 0 Å². The van der Waals surface area contributed by atoms with E-state index in [2.05, 4.69) is 10.3 Å². The number of benzene rings is 2. The van der Waals surface area contributed by atoms with Crippen LogP contribution in [-0.2, 0) is 12.8 Å². The lowest BCUT2D eigenvalue weighted by atomic mass is 9.88. The third-order valence-corrected chi connectivity index (χ3v) is 6.14. The number of halogens is 2. The van der Waals surface area contributed by atoms with Crippen LogP contribution in [0.2, 0.25) is 10.0 Å². The number of nitrogens with zero attached hydrogens (tertiary/aromatic N) is 1. The van der Waals surface area contributed by atoms with Crippen molar-refractivity contribution in [3.8, 4) is 11.6 Å². The summed E-state index contributed by atoms with van der Waals surface area (Å²) in [4.78, 5) is 15.3. The summed E-state index contributed by atoms with van der Waals surface area (Å²) in [5.41, 5.74) is 3.10. The number of aromatic carboxylic acids is 1. The normalized spacial score (nSPS) is 16.3. The number of nitrogens with one attached hydrogen (secondary N) is 1. The average molecular weight is 473 g/mol. The van der Waals surface area contributed by atoms with Crippen LogP contribution in [-0.4, -0.2) is 33.8 Å². The van der Waals surface area contributed by atoms with E-state index in [0.717, 1.165) is 30.4 Å². The molecule has 0 radical (unpaired) electrons. The van der Waals surface area contributed by atoms with Gasteiger partial charge in [-0.3, -0.25) is 0 Å². The first kappa shape index (κ1) is 22.6. The molecule has 0 fully saturated rings. The molecule has 8 heteroatoms. The zero-order valence-electron chi connectivity index (χ0n) is 17.1. The first-order valence-electron chi connectivity index (χ1n) is 10.2. The standard InChI is InChI=1S/C24H22Cl2N2O4/c25-17-3-1-2-15(10-17)21(29)13-28-18-6-4-14-5-7-19(12-16(14)11-18)32-23-22(26)20(24(30)31)8-9-27-23/h1-3,5,7-10,12,18,21,28-29H,4,6,11,13H2,(H,30,31)/t18-,21-/m0/s1. The van der Waals surface area contributed by atoms with Crippen molar-refractivity contribution >= 4 is 29.2 Å². The fourth-order valence-corrected chi connectivity index (χ4v) is 4.28. The number of aryl methyl sites for hydroxylation is 1. The lowest BCUT2D eigenvalue weighted by Gasteiger charge is -2.27. The molecule has 1 aliphatic rings. The summed E-state index contributed by atoms with van der Waals surface area (Å²) in [5, 5.41) is 23.7. The molecule has 0 spiro atoms. The van der Waals surface area contributed by atoms with E-state index in [1.54, 1.807) is 12.1 Å². The second kappa shape index (κ2) is 9.88. The summed E-state index contributed by atoms with van der Waals surface area (Å²) in [7, 11) is 0. The largest absolute Gasteiger partial charge is 0.478 e. The van der Waals surface area contributed by atoms with Crippen LogP contribution in [0.1, 0.15) is 39.6 Å². The van der Waals surface area contributed by atoms with Crippen LogP contribution < -0.4 is 10.1 Å². The van der Waals surface area contributed by atoms with Crippen molar-refractivity contribution in [1.82, 2.24) is 10.3 Å². The monoisotopic (exact) mass is 472 g/mol. The number of carboxylic acids is 1. The molecular formula is C24H22Cl2N2O4. The molecule has 166 valence electrons. The minimum absolute atomic E-state index is 0.0349. The van der Waals surface area contributed by atoms with Crippen molar-refractivity contribution in [2.24, 2.45) is 0 Å². The second-order valence-electron chi connectivity index (χ2n) is 7.73. The first-order chi connectivity index (χ1) is 15.4. The Bertz CT molecular complexity index is 1140. The molecular weight excluding hydrogens is 451 g/mol. The molecule has 4 rings (SSSR count). The van der Waals surface area contributed by atoms with Gasteiger partial charge in [-0.25, -0.2) is 9.78 Å². The topological polar surface area (TPSA) is 91.7 Å². The van der Waals surface area contributed by atoms with Crippen LogP contribution in [0.15, 0.2) is 54.7 Å². The van der Waals surface area contributed by atoms with Crippen LogP contribution in [0, 0.1) is 0 Å². The Morgan fingerprint density at radius 3 is 2.81 bits per heavy atom. The van der Waals surface area contributed by atoms with Crippen LogP contribution >= 0.6 is 23.2 Å². The number of rotatable bonds is 7. The van der Waals surface area contributed by atoms with E-state index in [0.29, 0.717) is 17.3 Å². The molecule has 0 unspecified atom stereocenters. The van der Waals surface area contributed by atoms with Crippen molar-refractivity contribution in [2.45, 2.75) is 31.4 Å². The molecule has 0 saturated heterocycles. The highest BCUT2D eigenvalue weighted by molar-refractivity contribution is 6.34. The predicted octanol–water partition coefficient (Wildman–Crippen LogP) is 5.06. The molecule has 32 heavy (non-hydrogen) atoms. The fourth-order valence-electron chi connectivity index (χ4n) is 3.85. The summed E-state index contributed by atoms with van der Waals surface area (Å²) in [5.74, 6) is -0.538. The fraction of sp³-hybridized carbons (Fsp3) is 0.250. The minimum Gasteiger partial charge on any atom is -0.478 e. The van der Waals surface area contributed by atoms with Crippen LogP contribution in [0.3, 0.4) is 0 Å². The van der Waals surface area contributed by atoms with Gasteiger partial charge >= 0.3 is 5.97 Å². The van der Waals surface area contributed by atoms with E-state index in [-0.39, 0.29) is 22.5 Å². The van der Waals surface area contributed by atoms with Crippen molar-refractivity contribution in [3.63, 3.8) is 0 Å². The van der Waals surface area contributed by atoms with Crippen molar-refractivity contribution in [1.29, 1.82) is 0 Å². The maximum Gasteiger partial charge on any atom is 0.337 e.